The van der Waals surface area contributed by atoms with Gasteiger partial charge in [0.2, 0.25) is 5.91 Å². The Hall–Kier alpha value is -0.880. The number of amides is 2. The highest BCUT2D eigenvalue weighted by atomic mass is 79.9. The first-order valence-electron chi connectivity index (χ1n) is 7.93. The monoisotopic (exact) mass is 386 g/mol. The topological polar surface area (TPSA) is 58.2 Å². The first kappa shape index (κ1) is 17.5. The Morgan fingerprint density at radius 3 is 2.86 bits per heavy atom. The molecule has 1 aliphatic rings. The zero-order chi connectivity index (χ0) is 15.9. The normalized spacial score (nSPS) is 20.8. The van der Waals surface area contributed by atoms with Gasteiger partial charge in [-0.05, 0) is 53.2 Å². The molecule has 1 heterocycles. The number of hydrogen-bond donors (Lipinski definition) is 2. The Bertz CT molecular complexity index is 518. The molecule has 4 nitrogen and oxygen atoms in total. The maximum atomic E-state index is 12.0. The lowest BCUT2D eigenvalue weighted by molar-refractivity contribution is -0.121. The smallest absolute Gasteiger partial charge is 0.261 e. The van der Waals surface area contributed by atoms with Crippen molar-refractivity contribution in [3.8, 4) is 0 Å². The maximum Gasteiger partial charge on any atom is 0.261 e. The van der Waals surface area contributed by atoms with Crippen LogP contribution in [0.15, 0.2) is 15.9 Å². The molecular weight excluding hydrogens is 364 g/mol. The molecule has 1 aliphatic carbocycles. The number of halogens is 1. The summed E-state index contributed by atoms with van der Waals surface area (Å²) in [6.07, 6.45) is 7.07. The summed E-state index contributed by atoms with van der Waals surface area (Å²) in [5, 5.41) is 5.77. The highest BCUT2D eigenvalue weighted by Crippen LogP contribution is 2.29. The molecule has 0 saturated heterocycles. The summed E-state index contributed by atoms with van der Waals surface area (Å²) in [4.78, 5) is 24.5. The third-order valence-electron chi connectivity index (χ3n) is 4.14. The lowest BCUT2D eigenvalue weighted by atomic mass is 9.97. The average molecular weight is 387 g/mol. The number of rotatable bonds is 7. The average Bonchev–Trinajstić information content (AvgIpc) is 3.11. The SMILES string of the molecule is CCCCC1CCCC1NC(=O)CNC(=O)c1ccc(Br)s1. The van der Waals surface area contributed by atoms with E-state index in [9.17, 15) is 9.59 Å². The predicted molar refractivity (Wildman–Crippen MR) is 93.1 cm³/mol. The largest absolute Gasteiger partial charge is 0.352 e. The van der Waals surface area contributed by atoms with Crippen LogP contribution in [0.1, 0.15) is 55.1 Å². The van der Waals surface area contributed by atoms with Crippen LogP contribution in [0.2, 0.25) is 0 Å². The molecule has 0 aliphatic heterocycles. The summed E-state index contributed by atoms with van der Waals surface area (Å²) >= 11 is 4.69. The fourth-order valence-corrected chi connectivity index (χ4v) is 4.28. The van der Waals surface area contributed by atoms with Crippen LogP contribution in [0.3, 0.4) is 0 Å². The Balaban J connectivity index is 1.74. The minimum absolute atomic E-state index is 0.0470. The zero-order valence-electron chi connectivity index (χ0n) is 12.9. The summed E-state index contributed by atoms with van der Waals surface area (Å²) in [5.41, 5.74) is 0. The van der Waals surface area contributed by atoms with E-state index < -0.39 is 0 Å². The number of thiophene rings is 1. The third kappa shape index (κ3) is 5.09. The second kappa shape index (κ2) is 8.67. The van der Waals surface area contributed by atoms with Gasteiger partial charge >= 0.3 is 0 Å². The van der Waals surface area contributed by atoms with Crippen molar-refractivity contribution in [1.82, 2.24) is 10.6 Å². The van der Waals surface area contributed by atoms with Gasteiger partial charge in [0.25, 0.3) is 5.91 Å². The second-order valence-electron chi connectivity index (χ2n) is 5.79. The maximum absolute atomic E-state index is 12.0. The minimum Gasteiger partial charge on any atom is -0.352 e. The summed E-state index contributed by atoms with van der Waals surface area (Å²) in [6.45, 7) is 2.24. The van der Waals surface area contributed by atoms with Crippen molar-refractivity contribution in [3.05, 3.63) is 20.8 Å². The summed E-state index contributed by atoms with van der Waals surface area (Å²) in [7, 11) is 0. The van der Waals surface area contributed by atoms with Crippen molar-refractivity contribution in [2.75, 3.05) is 6.54 Å². The quantitative estimate of drug-likeness (QED) is 0.749. The molecule has 22 heavy (non-hydrogen) atoms. The minimum atomic E-state index is -0.195. The van der Waals surface area contributed by atoms with E-state index in [1.807, 2.05) is 6.07 Å². The van der Waals surface area contributed by atoms with Gasteiger partial charge in [-0.25, -0.2) is 0 Å². The van der Waals surface area contributed by atoms with Crippen LogP contribution >= 0.6 is 27.3 Å². The van der Waals surface area contributed by atoms with Crippen molar-refractivity contribution in [1.29, 1.82) is 0 Å². The Labute approximate surface area is 144 Å². The lowest BCUT2D eigenvalue weighted by Gasteiger charge is -2.21. The number of carbonyl (C=O) groups excluding carboxylic acids is 2. The van der Waals surface area contributed by atoms with Crippen LogP contribution in [0, 0.1) is 5.92 Å². The fraction of sp³-hybridized carbons (Fsp3) is 0.625. The van der Waals surface area contributed by atoms with E-state index in [4.69, 9.17) is 0 Å². The van der Waals surface area contributed by atoms with Gasteiger partial charge in [0.05, 0.1) is 15.2 Å². The van der Waals surface area contributed by atoms with Crippen molar-refractivity contribution in [3.63, 3.8) is 0 Å². The van der Waals surface area contributed by atoms with Crippen molar-refractivity contribution in [2.45, 2.75) is 51.5 Å². The van der Waals surface area contributed by atoms with E-state index in [1.54, 1.807) is 6.07 Å². The van der Waals surface area contributed by atoms with E-state index in [1.165, 1.54) is 43.4 Å². The van der Waals surface area contributed by atoms with Crippen molar-refractivity contribution in [2.24, 2.45) is 5.92 Å². The summed E-state index contributed by atoms with van der Waals surface area (Å²) in [6, 6.07) is 3.86. The van der Waals surface area contributed by atoms with Gasteiger partial charge in [-0.2, -0.15) is 0 Å². The molecule has 0 radical (unpaired) electrons. The molecule has 0 aromatic carbocycles. The Morgan fingerprint density at radius 1 is 1.36 bits per heavy atom. The molecule has 1 fully saturated rings. The van der Waals surface area contributed by atoms with Crippen LogP contribution in [-0.4, -0.2) is 24.4 Å². The summed E-state index contributed by atoms with van der Waals surface area (Å²) < 4.78 is 0.909. The lowest BCUT2D eigenvalue weighted by Crippen LogP contribution is -2.43. The molecule has 6 heteroatoms. The third-order valence-corrected chi connectivity index (χ3v) is 5.76. The number of carbonyl (C=O) groups is 2. The highest BCUT2D eigenvalue weighted by molar-refractivity contribution is 9.11. The Kier molecular flexibility index (Phi) is 6.89. The van der Waals surface area contributed by atoms with Gasteiger partial charge in [0.1, 0.15) is 0 Å². The molecule has 2 rings (SSSR count). The van der Waals surface area contributed by atoms with Gasteiger partial charge in [-0.15, -0.1) is 11.3 Å². The molecule has 2 atom stereocenters. The molecule has 1 aromatic heterocycles. The standard InChI is InChI=1S/C16H23BrN2O2S/c1-2-3-5-11-6-4-7-12(11)19-15(20)10-18-16(21)13-8-9-14(17)22-13/h8-9,11-12H,2-7,10H2,1H3,(H,18,21)(H,19,20). The van der Waals surface area contributed by atoms with E-state index in [-0.39, 0.29) is 24.4 Å². The molecule has 0 spiro atoms. The van der Waals surface area contributed by atoms with Crippen LogP contribution in [0.5, 0.6) is 0 Å². The number of nitrogens with one attached hydrogen (secondary N) is 2. The van der Waals surface area contributed by atoms with Crippen molar-refractivity contribution < 1.29 is 9.59 Å². The molecule has 1 aromatic rings. The first-order valence-corrected chi connectivity index (χ1v) is 9.54. The second-order valence-corrected chi connectivity index (χ2v) is 8.26. The van der Waals surface area contributed by atoms with E-state index in [0.29, 0.717) is 10.8 Å². The van der Waals surface area contributed by atoms with Gasteiger partial charge in [-0.3, -0.25) is 9.59 Å². The van der Waals surface area contributed by atoms with Gasteiger partial charge in [0, 0.05) is 6.04 Å². The van der Waals surface area contributed by atoms with E-state index >= 15 is 0 Å². The summed E-state index contributed by atoms with van der Waals surface area (Å²) in [5.74, 6) is 0.324. The van der Waals surface area contributed by atoms with Gasteiger partial charge in [-0.1, -0.05) is 26.2 Å². The van der Waals surface area contributed by atoms with Crippen LogP contribution in [0.4, 0.5) is 0 Å². The number of unbranched alkanes of at least 4 members (excludes halogenated alkanes) is 1. The van der Waals surface area contributed by atoms with E-state index in [2.05, 4.69) is 33.5 Å². The van der Waals surface area contributed by atoms with Gasteiger partial charge in [0.15, 0.2) is 0 Å². The molecule has 1 saturated carbocycles. The van der Waals surface area contributed by atoms with Crippen LogP contribution in [0.25, 0.3) is 0 Å². The molecule has 2 N–H and O–H groups in total. The highest BCUT2D eigenvalue weighted by Gasteiger charge is 2.27. The van der Waals surface area contributed by atoms with E-state index in [0.717, 1.165) is 10.2 Å². The predicted octanol–water partition coefficient (Wildman–Crippen LogP) is 3.72. The molecular formula is C16H23BrN2O2S. The molecule has 2 unspecified atom stereocenters. The first-order chi connectivity index (χ1) is 10.6. The zero-order valence-corrected chi connectivity index (χ0v) is 15.3. The number of hydrogen-bond acceptors (Lipinski definition) is 3. The van der Waals surface area contributed by atoms with Crippen molar-refractivity contribution >= 4 is 39.1 Å². The Morgan fingerprint density at radius 2 is 2.18 bits per heavy atom. The van der Waals surface area contributed by atoms with Gasteiger partial charge < -0.3 is 10.6 Å². The molecule has 122 valence electrons. The van der Waals surface area contributed by atoms with Crippen LogP contribution in [-0.2, 0) is 4.79 Å². The fourth-order valence-electron chi connectivity index (χ4n) is 2.98. The molecule has 0 bridgehead atoms. The molecule has 2 amide bonds. The van der Waals surface area contributed by atoms with Crippen LogP contribution < -0.4 is 10.6 Å².